The number of hydrogen-bond acceptors (Lipinski definition) is 17. The van der Waals surface area contributed by atoms with Crippen molar-refractivity contribution in [3.8, 4) is 0 Å². The van der Waals surface area contributed by atoms with Gasteiger partial charge in [-0.25, -0.2) is 14.8 Å². The second-order valence-corrected chi connectivity index (χ2v) is 15.6. The van der Waals surface area contributed by atoms with Gasteiger partial charge in [0.25, 0.3) is 11.5 Å². The van der Waals surface area contributed by atoms with Gasteiger partial charge in [-0.3, -0.25) is 53.0 Å². The lowest BCUT2D eigenvalue weighted by Crippen LogP contribution is -2.58. The third-order valence-electron chi connectivity index (χ3n) is 10.0. The van der Waals surface area contributed by atoms with E-state index < -0.39 is 89.6 Å². The zero-order valence-electron chi connectivity index (χ0n) is 38.4. The van der Waals surface area contributed by atoms with Gasteiger partial charge in [0.15, 0.2) is 17.1 Å². The number of nitrogens with one attached hydrogen (secondary N) is 8. The quantitative estimate of drug-likeness (QED) is 0.0156. The van der Waals surface area contributed by atoms with Crippen molar-refractivity contribution in [1.82, 2.24) is 66.8 Å². The number of rotatable bonds is 27. The molecule has 0 saturated heterocycles. The maximum absolute atomic E-state index is 13.5. The van der Waals surface area contributed by atoms with Crippen LogP contribution in [0.15, 0.2) is 46.4 Å². The van der Waals surface area contributed by atoms with E-state index in [0.717, 1.165) is 0 Å². The van der Waals surface area contributed by atoms with E-state index in [4.69, 9.17) is 17.2 Å². The van der Waals surface area contributed by atoms with Crippen LogP contribution in [0.3, 0.4) is 0 Å². The molecule has 29 heteroatoms. The molecule has 4 rings (SSSR count). The van der Waals surface area contributed by atoms with Gasteiger partial charge >= 0.3 is 11.9 Å². The van der Waals surface area contributed by atoms with Crippen molar-refractivity contribution >= 4 is 76.1 Å². The maximum Gasteiger partial charge on any atom is 0.326 e. The summed E-state index contributed by atoms with van der Waals surface area (Å²) in [4.78, 5) is 133. The number of amides is 6. The number of carbonyl (C=O) groups is 8. The van der Waals surface area contributed by atoms with Gasteiger partial charge in [-0.2, -0.15) is 4.98 Å². The van der Waals surface area contributed by atoms with Crippen LogP contribution in [0, 0.1) is 0 Å². The highest BCUT2D eigenvalue weighted by atomic mass is 16.4. The SMILES string of the molecule is CCn1cc(C[C@H](NC(=O)[C@H](CC(=O)O)NC(=O)[C@H](C)NC(=O)[C@H](CCCN=C(N)N)NC(=O)[C@H](C)NC(=O)CCCNC(=O)c2ccc(NCc3cnc4nc(N)[nH]c(=O)c4n3)cc2)C(=O)O)nn1. The molecule has 29 nitrogen and oxygen atoms in total. The molecule has 0 aliphatic heterocycles. The maximum atomic E-state index is 13.5. The van der Waals surface area contributed by atoms with Gasteiger partial charge in [-0.1, -0.05) is 5.21 Å². The molecule has 70 heavy (non-hydrogen) atoms. The Morgan fingerprint density at radius 1 is 0.829 bits per heavy atom. The van der Waals surface area contributed by atoms with E-state index in [2.05, 4.69) is 72.5 Å². The predicted molar refractivity (Wildman–Crippen MR) is 248 cm³/mol. The molecule has 376 valence electrons. The third-order valence-corrected chi connectivity index (χ3v) is 10.0. The van der Waals surface area contributed by atoms with Crippen molar-refractivity contribution in [2.45, 2.75) is 103 Å². The first-order valence-corrected chi connectivity index (χ1v) is 21.8. The molecular formula is C41H56N18O11. The molecule has 0 aliphatic carbocycles. The average Bonchev–Trinajstić information content (AvgIpc) is 3.77. The largest absolute Gasteiger partial charge is 0.481 e. The van der Waals surface area contributed by atoms with Gasteiger partial charge in [-0.15, -0.1) is 5.10 Å². The molecule has 1 aromatic carbocycles. The Bertz CT molecular complexity index is 2620. The van der Waals surface area contributed by atoms with Crippen LogP contribution in [0.4, 0.5) is 11.6 Å². The first-order valence-electron chi connectivity index (χ1n) is 21.8. The second-order valence-electron chi connectivity index (χ2n) is 15.6. The number of hydrogen-bond donors (Lipinski definition) is 13. The Kier molecular flexibility index (Phi) is 19.9. The highest BCUT2D eigenvalue weighted by Gasteiger charge is 2.32. The number of carbonyl (C=O) groups excluding carboxylic acids is 6. The van der Waals surface area contributed by atoms with Crippen molar-refractivity contribution in [2.24, 2.45) is 16.5 Å². The van der Waals surface area contributed by atoms with E-state index in [-0.39, 0.29) is 80.5 Å². The standard InChI is InChI=1S/C41H56N18O11/c1-4-59-19-24(57-58-59)15-28(39(69)70)54-37(67)27(16-30(61)62)53-34(64)21(3)50-36(66)26(7-5-14-46-40(42)43)52-33(63)20(2)49-29(60)8-6-13-45-35(65)22-9-11-23(12-10-22)47-17-25-18-48-32-31(51-25)38(68)56-41(44)55-32/h9-12,18-21,26-28,47H,4-8,13-17H2,1-3H3,(H,45,65)(H,49,60)(H,50,66)(H,52,63)(H,53,64)(H,54,67)(H,61,62)(H,69,70)(H4,42,43,46)(H3,44,48,55,56,68)/t20-,21-,26-,27-,28-/m0/s1. The number of anilines is 2. The highest BCUT2D eigenvalue weighted by Crippen LogP contribution is 2.12. The molecular weight excluding hydrogens is 921 g/mol. The van der Waals surface area contributed by atoms with Crippen molar-refractivity contribution < 1.29 is 48.6 Å². The zero-order chi connectivity index (χ0) is 51.5. The Labute approximate surface area is 398 Å². The van der Waals surface area contributed by atoms with Gasteiger partial charge in [0, 0.05) is 49.9 Å². The molecule has 3 aromatic heterocycles. The summed E-state index contributed by atoms with van der Waals surface area (Å²) in [6.45, 7) is 5.22. The molecule has 4 aromatic rings. The lowest BCUT2D eigenvalue weighted by Gasteiger charge is -2.24. The molecule has 16 N–H and O–H groups in total. The summed E-state index contributed by atoms with van der Waals surface area (Å²) >= 11 is 0. The van der Waals surface area contributed by atoms with Crippen molar-refractivity contribution in [3.05, 3.63) is 64.0 Å². The summed E-state index contributed by atoms with van der Waals surface area (Å²) in [6, 6.07) is -0.695. The van der Waals surface area contributed by atoms with Gasteiger partial charge in [0.2, 0.25) is 35.5 Å². The monoisotopic (exact) mass is 976 g/mol. The average molecular weight is 977 g/mol. The molecule has 0 unspecified atom stereocenters. The normalized spacial score (nSPS) is 13.0. The number of benzene rings is 1. The van der Waals surface area contributed by atoms with Crippen molar-refractivity contribution in [1.29, 1.82) is 0 Å². The number of H-pyrrole nitrogens is 1. The lowest BCUT2D eigenvalue weighted by atomic mass is 10.1. The van der Waals surface area contributed by atoms with Gasteiger partial charge in [0.05, 0.1) is 30.6 Å². The summed E-state index contributed by atoms with van der Waals surface area (Å²) in [7, 11) is 0. The van der Waals surface area contributed by atoms with E-state index in [0.29, 0.717) is 23.5 Å². The van der Waals surface area contributed by atoms with Crippen molar-refractivity contribution in [2.75, 3.05) is 24.1 Å². The number of fused-ring (bicyclic) bond motifs is 1. The van der Waals surface area contributed by atoms with Crippen LogP contribution >= 0.6 is 0 Å². The Morgan fingerprint density at radius 2 is 1.49 bits per heavy atom. The number of aromatic amines is 1. The fraction of sp³-hybridized carbons (Fsp3) is 0.439. The van der Waals surface area contributed by atoms with Crippen LogP contribution in [0.2, 0.25) is 0 Å². The smallest absolute Gasteiger partial charge is 0.326 e. The lowest BCUT2D eigenvalue weighted by molar-refractivity contribution is -0.143. The minimum atomic E-state index is -1.77. The van der Waals surface area contributed by atoms with Crippen LogP contribution in [0.5, 0.6) is 0 Å². The summed E-state index contributed by atoms with van der Waals surface area (Å²) < 4.78 is 1.44. The number of nitrogen functional groups attached to an aromatic ring is 1. The topological polar surface area (TPSA) is 454 Å². The van der Waals surface area contributed by atoms with Gasteiger partial charge in [-0.05, 0) is 64.3 Å². The Morgan fingerprint density at radius 3 is 2.13 bits per heavy atom. The summed E-state index contributed by atoms with van der Waals surface area (Å²) in [5, 5.41) is 44.6. The number of nitrogens with two attached hydrogens (primary N) is 3. The van der Waals surface area contributed by atoms with Crippen molar-refractivity contribution in [3.63, 3.8) is 0 Å². The molecule has 6 amide bonds. The Balaban J connectivity index is 1.24. The number of aryl methyl sites for hydroxylation is 1. The van der Waals surface area contributed by atoms with Crippen LogP contribution in [-0.4, -0.2) is 142 Å². The number of carboxylic acid groups (broad SMARTS) is 2. The number of aliphatic imine (C=N–C) groups is 1. The van der Waals surface area contributed by atoms with E-state index in [1.165, 1.54) is 30.9 Å². The molecule has 5 atom stereocenters. The molecule has 0 bridgehead atoms. The van der Waals surface area contributed by atoms with E-state index in [1.807, 2.05) is 0 Å². The summed E-state index contributed by atoms with van der Waals surface area (Å²) in [5.74, 6) is -7.98. The molecule has 0 fully saturated rings. The highest BCUT2D eigenvalue weighted by molar-refractivity contribution is 5.97. The van der Waals surface area contributed by atoms with Crippen LogP contribution < -0.4 is 60.0 Å². The fourth-order valence-corrected chi connectivity index (χ4v) is 6.32. The zero-order valence-corrected chi connectivity index (χ0v) is 38.4. The molecule has 0 aliphatic rings. The second kappa shape index (κ2) is 25.9. The van der Waals surface area contributed by atoms with Crippen LogP contribution in [0.25, 0.3) is 11.2 Å². The van der Waals surface area contributed by atoms with Crippen LogP contribution in [0.1, 0.15) is 74.6 Å². The van der Waals surface area contributed by atoms with E-state index in [1.54, 1.807) is 31.2 Å². The first kappa shape index (κ1) is 53.8. The predicted octanol–water partition coefficient (Wildman–Crippen LogP) is -3.65. The minimum absolute atomic E-state index is 0.0404. The fourth-order valence-electron chi connectivity index (χ4n) is 6.32. The molecule has 0 radical (unpaired) electrons. The van der Waals surface area contributed by atoms with Gasteiger partial charge < -0.3 is 64.6 Å². The number of guanidine groups is 1. The summed E-state index contributed by atoms with van der Waals surface area (Å²) in [5.41, 5.74) is 17.7. The number of nitrogens with zero attached hydrogens (tertiary/aromatic N) is 7. The van der Waals surface area contributed by atoms with Crippen LogP contribution in [-0.2, 0) is 53.1 Å². The minimum Gasteiger partial charge on any atom is -0.481 e. The van der Waals surface area contributed by atoms with E-state index in [9.17, 15) is 53.4 Å². The molecule has 0 spiro atoms. The number of aliphatic carboxylic acids is 2. The van der Waals surface area contributed by atoms with E-state index >= 15 is 0 Å². The first-order chi connectivity index (χ1) is 33.2. The third kappa shape index (κ3) is 17.1. The Hall–Kier alpha value is -8.79. The number of aromatic nitrogens is 7. The summed E-state index contributed by atoms with van der Waals surface area (Å²) in [6.07, 6.45) is 1.94. The number of carboxylic acids is 2. The van der Waals surface area contributed by atoms with Gasteiger partial charge in [0.1, 0.15) is 30.2 Å². The molecule has 3 heterocycles. The molecule has 0 saturated carbocycles.